The van der Waals surface area contributed by atoms with Gasteiger partial charge in [0.1, 0.15) is 0 Å². The fourth-order valence-corrected chi connectivity index (χ4v) is 4.20. The molecular weight excluding hydrogens is 296 g/mol. The van der Waals surface area contributed by atoms with Gasteiger partial charge in [0.25, 0.3) is 0 Å². The minimum atomic E-state index is -3.04. The Bertz CT molecular complexity index is 513. The zero-order valence-electron chi connectivity index (χ0n) is 12.0. The molecule has 120 valence electrons. The van der Waals surface area contributed by atoms with E-state index in [1.807, 2.05) is 0 Å². The Labute approximate surface area is 124 Å². The number of rotatable bonds is 4. The van der Waals surface area contributed by atoms with Crippen LogP contribution in [0.25, 0.3) is 0 Å². The summed E-state index contributed by atoms with van der Waals surface area (Å²) in [5.41, 5.74) is -0.320. The molecule has 7 nitrogen and oxygen atoms in total. The molecule has 21 heavy (non-hydrogen) atoms. The molecule has 0 radical (unpaired) electrons. The van der Waals surface area contributed by atoms with Gasteiger partial charge in [-0.25, -0.2) is 13.2 Å². The zero-order chi connectivity index (χ0) is 15.5. The number of carbonyl (C=O) groups is 2. The van der Waals surface area contributed by atoms with Crippen molar-refractivity contribution in [2.24, 2.45) is 5.41 Å². The lowest BCUT2D eigenvalue weighted by Crippen LogP contribution is -2.48. The summed E-state index contributed by atoms with van der Waals surface area (Å²) in [6.07, 6.45) is 3.14. The van der Waals surface area contributed by atoms with Crippen LogP contribution in [0.3, 0.4) is 0 Å². The molecule has 0 aromatic carbocycles. The number of hydrogen-bond donors (Lipinski definition) is 2. The summed E-state index contributed by atoms with van der Waals surface area (Å²) in [6, 6.07) is -0.288. The number of hydrogen-bond acceptors (Lipinski definition) is 4. The van der Waals surface area contributed by atoms with Crippen LogP contribution in [-0.4, -0.2) is 61.6 Å². The SMILES string of the molecule is O=C(O)CC1(CNC(=O)N2CCCS(=O)(=O)CC2)CCC1. The summed E-state index contributed by atoms with van der Waals surface area (Å²) in [5.74, 6) is -0.717. The van der Waals surface area contributed by atoms with Gasteiger partial charge in [-0.3, -0.25) is 4.79 Å². The molecule has 8 heteroatoms. The third-order valence-corrected chi connectivity index (χ3v) is 6.11. The largest absolute Gasteiger partial charge is 0.481 e. The maximum absolute atomic E-state index is 12.1. The van der Waals surface area contributed by atoms with E-state index in [9.17, 15) is 18.0 Å². The van der Waals surface area contributed by atoms with E-state index in [1.54, 1.807) is 0 Å². The first kappa shape index (κ1) is 16.1. The molecule has 1 saturated heterocycles. The van der Waals surface area contributed by atoms with Gasteiger partial charge in [0, 0.05) is 19.6 Å². The molecule has 0 bridgehead atoms. The first-order valence-electron chi connectivity index (χ1n) is 7.27. The van der Waals surface area contributed by atoms with Gasteiger partial charge in [-0.05, 0) is 24.7 Å². The molecule has 2 fully saturated rings. The molecule has 0 aromatic rings. The molecule has 1 heterocycles. The van der Waals surface area contributed by atoms with Crippen molar-refractivity contribution >= 4 is 21.8 Å². The van der Waals surface area contributed by atoms with Crippen LogP contribution < -0.4 is 5.32 Å². The highest BCUT2D eigenvalue weighted by Crippen LogP contribution is 2.43. The van der Waals surface area contributed by atoms with Gasteiger partial charge in [-0.2, -0.15) is 0 Å². The van der Waals surface area contributed by atoms with Crippen molar-refractivity contribution in [1.29, 1.82) is 0 Å². The summed E-state index contributed by atoms with van der Waals surface area (Å²) in [7, 11) is -3.04. The summed E-state index contributed by atoms with van der Waals surface area (Å²) in [6.45, 7) is 0.985. The predicted octanol–water partition coefficient (Wildman–Crippen LogP) is 0.462. The third-order valence-electron chi connectivity index (χ3n) is 4.40. The molecule has 0 spiro atoms. The maximum Gasteiger partial charge on any atom is 0.317 e. The van der Waals surface area contributed by atoms with E-state index in [-0.39, 0.29) is 35.9 Å². The van der Waals surface area contributed by atoms with E-state index in [0.29, 0.717) is 19.5 Å². The first-order chi connectivity index (χ1) is 9.82. The second-order valence-electron chi connectivity index (χ2n) is 6.08. The van der Waals surface area contributed by atoms with Gasteiger partial charge in [0.15, 0.2) is 9.84 Å². The lowest BCUT2D eigenvalue weighted by molar-refractivity contribution is -0.141. The summed E-state index contributed by atoms with van der Waals surface area (Å²) in [5, 5.41) is 11.7. The minimum absolute atomic E-state index is 0.000683. The Morgan fingerprint density at radius 1 is 1.14 bits per heavy atom. The van der Waals surface area contributed by atoms with Gasteiger partial charge in [-0.1, -0.05) is 6.42 Å². The molecule has 1 saturated carbocycles. The van der Waals surface area contributed by atoms with Gasteiger partial charge in [-0.15, -0.1) is 0 Å². The van der Waals surface area contributed by atoms with E-state index in [4.69, 9.17) is 5.11 Å². The summed E-state index contributed by atoms with van der Waals surface area (Å²) < 4.78 is 23.0. The van der Waals surface area contributed by atoms with Gasteiger partial charge < -0.3 is 15.3 Å². The van der Waals surface area contributed by atoms with Crippen molar-refractivity contribution in [2.75, 3.05) is 31.1 Å². The minimum Gasteiger partial charge on any atom is -0.481 e. The highest BCUT2D eigenvalue weighted by atomic mass is 32.2. The van der Waals surface area contributed by atoms with Crippen LogP contribution in [0.2, 0.25) is 0 Å². The van der Waals surface area contributed by atoms with Crippen molar-refractivity contribution in [3.8, 4) is 0 Å². The Balaban J connectivity index is 1.85. The monoisotopic (exact) mass is 318 g/mol. The van der Waals surface area contributed by atoms with E-state index >= 15 is 0 Å². The smallest absolute Gasteiger partial charge is 0.317 e. The number of nitrogens with zero attached hydrogens (tertiary/aromatic N) is 1. The van der Waals surface area contributed by atoms with E-state index in [2.05, 4.69) is 5.32 Å². The second-order valence-corrected chi connectivity index (χ2v) is 8.38. The topological polar surface area (TPSA) is 104 Å². The third kappa shape index (κ3) is 4.33. The number of carbonyl (C=O) groups excluding carboxylic acids is 1. The zero-order valence-corrected chi connectivity index (χ0v) is 12.8. The van der Waals surface area contributed by atoms with E-state index in [0.717, 1.165) is 19.3 Å². The number of sulfone groups is 1. The van der Waals surface area contributed by atoms with Gasteiger partial charge >= 0.3 is 12.0 Å². The van der Waals surface area contributed by atoms with Crippen molar-refractivity contribution in [3.63, 3.8) is 0 Å². The van der Waals surface area contributed by atoms with Crippen molar-refractivity contribution in [3.05, 3.63) is 0 Å². The Hall–Kier alpha value is -1.31. The van der Waals surface area contributed by atoms with Crippen LogP contribution in [0.4, 0.5) is 4.79 Å². The number of amides is 2. The molecule has 1 aliphatic carbocycles. The first-order valence-corrected chi connectivity index (χ1v) is 9.09. The normalized spacial score (nSPS) is 23.7. The number of nitrogens with one attached hydrogen (secondary N) is 1. The fraction of sp³-hybridized carbons (Fsp3) is 0.846. The Morgan fingerprint density at radius 2 is 1.86 bits per heavy atom. The Kier molecular flexibility index (Phi) is 4.75. The molecule has 0 aromatic heterocycles. The van der Waals surface area contributed by atoms with Crippen LogP contribution in [0.5, 0.6) is 0 Å². The maximum atomic E-state index is 12.1. The van der Waals surface area contributed by atoms with Gasteiger partial charge in [0.05, 0.1) is 17.9 Å². The average Bonchev–Trinajstić information content (AvgIpc) is 2.52. The lowest BCUT2D eigenvalue weighted by atomic mass is 9.66. The van der Waals surface area contributed by atoms with E-state index in [1.165, 1.54) is 4.90 Å². The average molecular weight is 318 g/mol. The molecule has 2 N–H and O–H groups in total. The van der Waals surface area contributed by atoms with Gasteiger partial charge in [0.2, 0.25) is 0 Å². The van der Waals surface area contributed by atoms with Crippen LogP contribution in [0.1, 0.15) is 32.1 Å². The highest BCUT2D eigenvalue weighted by Gasteiger charge is 2.39. The van der Waals surface area contributed by atoms with Crippen LogP contribution in [0.15, 0.2) is 0 Å². The van der Waals surface area contributed by atoms with Crippen molar-refractivity contribution in [2.45, 2.75) is 32.1 Å². The second kappa shape index (κ2) is 6.21. The fourth-order valence-electron chi connectivity index (χ4n) is 2.93. The van der Waals surface area contributed by atoms with Crippen LogP contribution in [0, 0.1) is 5.41 Å². The predicted molar refractivity (Wildman–Crippen MR) is 76.8 cm³/mol. The standard InChI is InChI=1S/C13H22N2O5S/c16-11(17)9-13(3-1-4-13)10-14-12(18)15-5-2-7-21(19,20)8-6-15/h1-10H2,(H,14,18)(H,16,17). The summed E-state index contributed by atoms with van der Waals surface area (Å²) in [4.78, 5) is 24.5. The number of aliphatic carboxylic acids is 1. The molecular formula is C13H22N2O5S. The van der Waals surface area contributed by atoms with Crippen LogP contribution >= 0.6 is 0 Å². The van der Waals surface area contributed by atoms with Crippen molar-refractivity contribution < 1.29 is 23.1 Å². The molecule has 2 rings (SSSR count). The number of urea groups is 1. The van der Waals surface area contributed by atoms with E-state index < -0.39 is 15.8 Å². The lowest BCUT2D eigenvalue weighted by Gasteiger charge is -2.41. The quantitative estimate of drug-likeness (QED) is 0.784. The highest BCUT2D eigenvalue weighted by molar-refractivity contribution is 7.91. The Morgan fingerprint density at radius 3 is 2.43 bits per heavy atom. The molecule has 0 unspecified atom stereocenters. The molecule has 2 amide bonds. The molecule has 2 aliphatic rings. The van der Waals surface area contributed by atoms with Crippen molar-refractivity contribution in [1.82, 2.24) is 10.2 Å². The summed E-state index contributed by atoms with van der Waals surface area (Å²) >= 11 is 0. The number of carboxylic acids is 1. The van der Waals surface area contributed by atoms with Crippen LogP contribution in [-0.2, 0) is 14.6 Å². The molecule has 0 atom stereocenters. The number of carboxylic acid groups (broad SMARTS) is 1. The molecule has 1 aliphatic heterocycles.